The fraction of sp³-hybridized carbons (Fsp3) is 0.538. The Morgan fingerprint density at radius 1 is 1.32 bits per heavy atom. The van der Waals surface area contributed by atoms with Crippen LogP contribution in [0.25, 0.3) is 0 Å². The van der Waals surface area contributed by atoms with Crippen LogP contribution in [0.4, 0.5) is 0 Å². The van der Waals surface area contributed by atoms with Crippen molar-refractivity contribution in [1.82, 2.24) is 4.72 Å². The molecular formula is C13H18BrNO3S. The van der Waals surface area contributed by atoms with Gasteiger partial charge in [-0.3, -0.25) is 0 Å². The first kappa shape index (κ1) is 15.0. The Balaban J connectivity index is 2.22. The van der Waals surface area contributed by atoms with Gasteiger partial charge in [0.25, 0.3) is 0 Å². The smallest absolute Gasteiger partial charge is 0.240 e. The fourth-order valence-electron chi connectivity index (χ4n) is 1.94. The number of aliphatic hydroxyl groups excluding tert-OH is 1. The lowest BCUT2D eigenvalue weighted by molar-refractivity contribution is 0.213. The molecule has 0 saturated heterocycles. The van der Waals surface area contributed by atoms with Crippen LogP contribution in [0.5, 0.6) is 0 Å². The van der Waals surface area contributed by atoms with Crippen molar-refractivity contribution in [2.24, 2.45) is 5.41 Å². The SMILES string of the molecule is Cc1cc(S(=O)(=O)NCC2(CO)CC2)c(C)cc1Br. The van der Waals surface area contributed by atoms with Crippen molar-refractivity contribution < 1.29 is 13.5 Å². The van der Waals surface area contributed by atoms with Crippen LogP contribution in [-0.4, -0.2) is 26.7 Å². The molecule has 106 valence electrons. The Labute approximate surface area is 122 Å². The zero-order chi connectivity index (χ0) is 14.3. The summed E-state index contributed by atoms with van der Waals surface area (Å²) >= 11 is 3.39. The first-order valence-electron chi connectivity index (χ1n) is 6.17. The van der Waals surface area contributed by atoms with E-state index in [0.29, 0.717) is 17.0 Å². The van der Waals surface area contributed by atoms with Gasteiger partial charge in [0, 0.05) is 23.0 Å². The van der Waals surface area contributed by atoms with E-state index >= 15 is 0 Å². The molecule has 1 aliphatic rings. The molecular weight excluding hydrogens is 330 g/mol. The third-order valence-electron chi connectivity index (χ3n) is 3.68. The summed E-state index contributed by atoms with van der Waals surface area (Å²) in [5.74, 6) is 0. The van der Waals surface area contributed by atoms with Gasteiger partial charge in [0.15, 0.2) is 0 Å². The van der Waals surface area contributed by atoms with Crippen LogP contribution in [0, 0.1) is 19.3 Å². The molecule has 1 fully saturated rings. The molecule has 0 heterocycles. The molecule has 4 nitrogen and oxygen atoms in total. The number of aliphatic hydroxyl groups is 1. The average molecular weight is 348 g/mol. The van der Waals surface area contributed by atoms with Gasteiger partial charge in [0.1, 0.15) is 0 Å². The largest absolute Gasteiger partial charge is 0.396 e. The molecule has 1 aromatic rings. The molecule has 0 radical (unpaired) electrons. The standard InChI is InChI=1S/C13H18BrNO3S/c1-9-6-12(10(2)5-11(9)14)19(17,18)15-7-13(8-16)3-4-13/h5-6,15-16H,3-4,7-8H2,1-2H3. The number of benzene rings is 1. The van der Waals surface area contributed by atoms with E-state index in [2.05, 4.69) is 20.7 Å². The highest BCUT2D eigenvalue weighted by Crippen LogP contribution is 2.44. The molecule has 0 unspecified atom stereocenters. The van der Waals surface area contributed by atoms with Gasteiger partial charge in [0.2, 0.25) is 10.0 Å². The van der Waals surface area contributed by atoms with E-state index in [1.54, 1.807) is 13.0 Å². The van der Waals surface area contributed by atoms with Crippen molar-refractivity contribution in [2.75, 3.05) is 13.2 Å². The molecule has 0 spiro atoms. The summed E-state index contributed by atoms with van der Waals surface area (Å²) in [6.45, 7) is 3.98. The summed E-state index contributed by atoms with van der Waals surface area (Å²) in [6, 6.07) is 3.48. The molecule has 1 aliphatic carbocycles. The Kier molecular flexibility index (Phi) is 4.07. The van der Waals surface area contributed by atoms with E-state index < -0.39 is 10.0 Å². The molecule has 19 heavy (non-hydrogen) atoms. The van der Waals surface area contributed by atoms with Crippen LogP contribution in [-0.2, 0) is 10.0 Å². The van der Waals surface area contributed by atoms with Gasteiger partial charge < -0.3 is 5.11 Å². The number of nitrogens with one attached hydrogen (secondary N) is 1. The molecule has 2 rings (SSSR count). The van der Waals surface area contributed by atoms with Crippen LogP contribution in [0.3, 0.4) is 0 Å². The molecule has 0 aliphatic heterocycles. The summed E-state index contributed by atoms with van der Waals surface area (Å²) in [4.78, 5) is 0.307. The predicted octanol–water partition coefficient (Wildman–Crippen LogP) is 2.12. The van der Waals surface area contributed by atoms with Crippen molar-refractivity contribution in [3.63, 3.8) is 0 Å². The summed E-state index contributed by atoms with van der Waals surface area (Å²) in [7, 11) is -3.52. The minimum absolute atomic E-state index is 0.0356. The predicted molar refractivity (Wildman–Crippen MR) is 77.6 cm³/mol. The zero-order valence-corrected chi connectivity index (χ0v) is 13.4. The Morgan fingerprint density at radius 3 is 2.47 bits per heavy atom. The monoisotopic (exact) mass is 347 g/mol. The number of hydrogen-bond acceptors (Lipinski definition) is 3. The first-order chi connectivity index (χ1) is 8.80. The number of rotatable bonds is 5. The van der Waals surface area contributed by atoms with Crippen LogP contribution in [0.1, 0.15) is 24.0 Å². The fourth-order valence-corrected chi connectivity index (χ4v) is 3.86. The topological polar surface area (TPSA) is 66.4 Å². The van der Waals surface area contributed by atoms with E-state index in [4.69, 9.17) is 0 Å². The molecule has 0 aromatic heterocycles. The summed E-state index contributed by atoms with van der Waals surface area (Å²) in [6.07, 6.45) is 1.76. The van der Waals surface area contributed by atoms with E-state index in [-0.39, 0.29) is 12.0 Å². The Bertz CT molecular complexity index is 594. The molecule has 2 N–H and O–H groups in total. The molecule has 0 bridgehead atoms. The summed E-state index contributed by atoms with van der Waals surface area (Å²) in [5.41, 5.74) is 1.36. The number of hydrogen-bond donors (Lipinski definition) is 2. The van der Waals surface area contributed by atoms with Crippen LogP contribution >= 0.6 is 15.9 Å². The second-order valence-electron chi connectivity index (χ2n) is 5.35. The minimum atomic E-state index is -3.52. The normalized spacial score (nSPS) is 17.5. The zero-order valence-electron chi connectivity index (χ0n) is 11.0. The van der Waals surface area contributed by atoms with E-state index in [1.165, 1.54) is 0 Å². The van der Waals surface area contributed by atoms with Crippen LogP contribution in [0.2, 0.25) is 0 Å². The van der Waals surface area contributed by atoms with Crippen molar-refractivity contribution in [1.29, 1.82) is 0 Å². The number of aryl methyl sites for hydroxylation is 2. The van der Waals surface area contributed by atoms with Gasteiger partial charge >= 0.3 is 0 Å². The van der Waals surface area contributed by atoms with Gasteiger partial charge in [-0.05, 0) is 49.9 Å². The molecule has 0 atom stereocenters. The quantitative estimate of drug-likeness (QED) is 0.857. The van der Waals surface area contributed by atoms with Crippen LogP contribution < -0.4 is 4.72 Å². The molecule has 6 heteroatoms. The maximum absolute atomic E-state index is 12.3. The van der Waals surface area contributed by atoms with Crippen molar-refractivity contribution in [3.05, 3.63) is 27.7 Å². The lowest BCUT2D eigenvalue weighted by atomic mass is 10.1. The molecule has 1 aromatic carbocycles. The second kappa shape index (κ2) is 5.16. The van der Waals surface area contributed by atoms with Crippen LogP contribution in [0.15, 0.2) is 21.5 Å². The summed E-state index contributed by atoms with van der Waals surface area (Å²) < 4.78 is 28.1. The van der Waals surface area contributed by atoms with E-state index in [1.807, 2.05) is 13.0 Å². The van der Waals surface area contributed by atoms with Gasteiger partial charge in [-0.2, -0.15) is 0 Å². The van der Waals surface area contributed by atoms with Gasteiger partial charge in [-0.15, -0.1) is 0 Å². The highest BCUT2D eigenvalue weighted by atomic mass is 79.9. The van der Waals surface area contributed by atoms with Crippen molar-refractivity contribution >= 4 is 26.0 Å². The third-order valence-corrected chi connectivity index (χ3v) is 6.07. The lowest BCUT2D eigenvalue weighted by Gasteiger charge is -2.15. The average Bonchev–Trinajstić information content (AvgIpc) is 3.12. The van der Waals surface area contributed by atoms with Gasteiger partial charge in [-0.25, -0.2) is 13.1 Å². The van der Waals surface area contributed by atoms with Crippen molar-refractivity contribution in [3.8, 4) is 0 Å². The second-order valence-corrected chi connectivity index (χ2v) is 7.94. The Hall–Kier alpha value is -0.430. The third kappa shape index (κ3) is 3.18. The Morgan fingerprint density at radius 2 is 1.95 bits per heavy atom. The lowest BCUT2D eigenvalue weighted by Crippen LogP contribution is -2.32. The first-order valence-corrected chi connectivity index (χ1v) is 8.45. The minimum Gasteiger partial charge on any atom is -0.396 e. The van der Waals surface area contributed by atoms with Crippen molar-refractivity contribution in [2.45, 2.75) is 31.6 Å². The highest BCUT2D eigenvalue weighted by molar-refractivity contribution is 9.10. The maximum Gasteiger partial charge on any atom is 0.240 e. The maximum atomic E-state index is 12.3. The number of sulfonamides is 1. The van der Waals surface area contributed by atoms with E-state index in [0.717, 1.165) is 22.9 Å². The van der Waals surface area contributed by atoms with E-state index in [9.17, 15) is 13.5 Å². The highest BCUT2D eigenvalue weighted by Gasteiger charge is 2.42. The molecule has 1 saturated carbocycles. The molecule has 0 amide bonds. The summed E-state index contributed by atoms with van der Waals surface area (Å²) in [5, 5.41) is 9.22. The number of halogens is 1. The van der Waals surface area contributed by atoms with Gasteiger partial charge in [0.05, 0.1) is 4.90 Å². The van der Waals surface area contributed by atoms with Gasteiger partial charge in [-0.1, -0.05) is 15.9 Å².